The first-order chi connectivity index (χ1) is 18.0. The SMILES string of the molecule is CC(C)C1CC(=O)NC(n2nc(-c3ccco3)cc2NC(=O)C2c3ccccc3Oc3ccccc32)N1. The summed E-state index contributed by atoms with van der Waals surface area (Å²) in [5, 5.41) is 14.2. The Morgan fingerprint density at radius 2 is 1.76 bits per heavy atom. The second-order valence-corrected chi connectivity index (χ2v) is 9.63. The van der Waals surface area contributed by atoms with E-state index in [0.717, 1.165) is 11.1 Å². The molecule has 2 aromatic carbocycles. The van der Waals surface area contributed by atoms with E-state index in [1.165, 1.54) is 0 Å². The monoisotopic (exact) mass is 497 g/mol. The van der Waals surface area contributed by atoms with Crippen LogP contribution < -0.4 is 20.7 Å². The lowest BCUT2D eigenvalue weighted by Gasteiger charge is -2.34. The quantitative estimate of drug-likeness (QED) is 0.371. The molecule has 1 fully saturated rings. The molecule has 2 aliphatic heterocycles. The third kappa shape index (κ3) is 4.27. The van der Waals surface area contributed by atoms with Crippen molar-refractivity contribution in [3.05, 3.63) is 84.1 Å². The highest BCUT2D eigenvalue weighted by molar-refractivity contribution is 5.99. The standard InChI is InChI=1S/C28H27N5O4/c1-16(2)19-15-25(34)31-28(29-19)33-24(14-20(32-33)23-12-7-13-36-23)30-27(35)26-17-8-3-5-10-21(17)37-22-11-6-4-9-18(22)26/h3-14,16,19,26,28-29H,15H2,1-2H3,(H,30,35)(H,31,34). The van der Waals surface area contributed by atoms with Gasteiger partial charge in [0, 0.05) is 29.7 Å². The van der Waals surface area contributed by atoms with Crippen molar-refractivity contribution in [3.63, 3.8) is 0 Å². The maximum atomic E-state index is 13.9. The second-order valence-electron chi connectivity index (χ2n) is 9.63. The molecule has 37 heavy (non-hydrogen) atoms. The van der Waals surface area contributed by atoms with Crippen molar-refractivity contribution in [1.82, 2.24) is 20.4 Å². The Bertz CT molecular complexity index is 1410. The van der Waals surface area contributed by atoms with Crippen LogP contribution in [0.2, 0.25) is 0 Å². The Kier molecular flexibility index (Phi) is 5.77. The van der Waals surface area contributed by atoms with E-state index in [2.05, 4.69) is 29.8 Å². The number of carbonyl (C=O) groups is 2. The smallest absolute Gasteiger partial charge is 0.237 e. The van der Waals surface area contributed by atoms with Crippen LogP contribution >= 0.6 is 0 Å². The maximum Gasteiger partial charge on any atom is 0.237 e. The van der Waals surface area contributed by atoms with Gasteiger partial charge in [-0.2, -0.15) is 5.10 Å². The van der Waals surface area contributed by atoms with Gasteiger partial charge in [-0.1, -0.05) is 50.2 Å². The normalized spacial score (nSPS) is 19.1. The van der Waals surface area contributed by atoms with E-state index < -0.39 is 12.2 Å². The highest BCUT2D eigenvalue weighted by atomic mass is 16.5. The molecule has 0 saturated carbocycles. The molecule has 9 nitrogen and oxygen atoms in total. The van der Waals surface area contributed by atoms with Crippen LogP contribution in [0, 0.1) is 5.92 Å². The largest absolute Gasteiger partial charge is 0.463 e. The third-order valence-electron chi connectivity index (χ3n) is 6.83. The number of nitrogens with one attached hydrogen (secondary N) is 3. The minimum Gasteiger partial charge on any atom is -0.463 e. The summed E-state index contributed by atoms with van der Waals surface area (Å²) >= 11 is 0. The fourth-order valence-electron chi connectivity index (χ4n) is 4.89. The number of aromatic nitrogens is 2. The topological polar surface area (TPSA) is 110 Å². The molecule has 0 radical (unpaired) electrons. The molecule has 6 rings (SSSR count). The first kappa shape index (κ1) is 23.1. The summed E-state index contributed by atoms with van der Waals surface area (Å²) in [5.41, 5.74) is 2.09. The van der Waals surface area contributed by atoms with Crippen molar-refractivity contribution in [3.8, 4) is 23.0 Å². The number of carbonyl (C=O) groups excluding carboxylic acids is 2. The summed E-state index contributed by atoms with van der Waals surface area (Å²) in [6.07, 6.45) is 1.30. The number of rotatable bonds is 5. The molecule has 2 unspecified atom stereocenters. The van der Waals surface area contributed by atoms with Gasteiger partial charge < -0.3 is 19.8 Å². The Balaban J connectivity index is 1.39. The number of furan rings is 1. The Labute approximate surface area is 213 Å². The molecule has 3 N–H and O–H groups in total. The van der Waals surface area contributed by atoms with Crippen LogP contribution in [0.25, 0.3) is 11.5 Å². The number of para-hydroxylation sites is 2. The van der Waals surface area contributed by atoms with Gasteiger partial charge in [0.1, 0.15) is 23.0 Å². The van der Waals surface area contributed by atoms with Crippen LogP contribution in [-0.4, -0.2) is 27.6 Å². The molecular weight excluding hydrogens is 470 g/mol. The van der Waals surface area contributed by atoms with Gasteiger partial charge >= 0.3 is 0 Å². The summed E-state index contributed by atoms with van der Waals surface area (Å²) in [7, 11) is 0. The average molecular weight is 498 g/mol. The van der Waals surface area contributed by atoms with Gasteiger partial charge in [-0.25, -0.2) is 4.68 Å². The molecule has 1 saturated heterocycles. The number of benzene rings is 2. The molecular formula is C28H27N5O4. The lowest BCUT2D eigenvalue weighted by atomic mass is 9.87. The minimum atomic E-state index is -0.637. The van der Waals surface area contributed by atoms with Crippen molar-refractivity contribution in [2.24, 2.45) is 5.92 Å². The highest BCUT2D eigenvalue weighted by Gasteiger charge is 2.35. The molecule has 4 aromatic rings. The van der Waals surface area contributed by atoms with E-state index in [-0.39, 0.29) is 23.8 Å². The lowest BCUT2D eigenvalue weighted by Crippen LogP contribution is -2.55. The summed E-state index contributed by atoms with van der Waals surface area (Å²) in [6.45, 7) is 4.13. The van der Waals surface area contributed by atoms with Crippen LogP contribution in [0.1, 0.15) is 43.6 Å². The van der Waals surface area contributed by atoms with Gasteiger partial charge in [-0.3, -0.25) is 14.9 Å². The summed E-state index contributed by atoms with van der Waals surface area (Å²) < 4.78 is 13.2. The van der Waals surface area contributed by atoms with Gasteiger partial charge in [0.15, 0.2) is 12.0 Å². The molecule has 2 amide bonds. The molecule has 188 valence electrons. The molecule has 0 aliphatic carbocycles. The molecule has 4 heterocycles. The summed E-state index contributed by atoms with van der Waals surface area (Å²) in [4.78, 5) is 26.5. The van der Waals surface area contributed by atoms with Gasteiger partial charge in [0.05, 0.1) is 12.2 Å². The summed E-state index contributed by atoms with van der Waals surface area (Å²) in [5.74, 6) is 1.61. The number of ether oxygens (including phenoxy) is 1. The fraction of sp³-hybridized carbons (Fsp3) is 0.250. The molecule has 2 aromatic heterocycles. The lowest BCUT2D eigenvalue weighted by molar-refractivity contribution is -0.126. The van der Waals surface area contributed by atoms with E-state index in [1.807, 2.05) is 48.5 Å². The van der Waals surface area contributed by atoms with Gasteiger partial charge in [0.2, 0.25) is 11.8 Å². The van der Waals surface area contributed by atoms with Crippen LogP contribution in [-0.2, 0) is 9.59 Å². The predicted octanol–water partition coefficient (Wildman–Crippen LogP) is 4.61. The van der Waals surface area contributed by atoms with Crippen LogP contribution in [0.15, 0.2) is 77.4 Å². The zero-order valence-electron chi connectivity index (χ0n) is 20.5. The van der Waals surface area contributed by atoms with Gasteiger partial charge in [0.25, 0.3) is 0 Å². The van der Waals surface area contributed by atoms with Crippen molar-refractivity contribution < 1.29 is 18.7 Å². The van der Waals surface area contributed by atoms with Gasteiger partial charge in [-0.05, 0) is 30.2 Å². The van der Waals surface area contributed by atoms with E-state index in [1.54, 1.807) is 29.1 Å². The Morgan fingerprint density at radius 3 is 2.41 bits per heavy atom. The van der Waals surface area contributed by atoms with Crippen molar-refractivity contribution in [2.75, 3.05) is 5.32 Å². The van der Waals surface area contributed by atoms with Gasteiger partial charge in [-0.15, -0.1) is 0 Å². The van der Waals surface area contributed by atoms with Crippen LogP contribution in [0.3, 0.4) is 0 Å². The number of nitrogens with zero attached hydrogens (tertiary/aromatic N) is 2. The zero-order chi connectivity index (χ0) is 25.5. The first-order valence-corrected chi connectivity index (χ1v) is 12.3. The van der Waals surface area contributed by atoms with Crippen molar-refractivity contribution in [2.45, 2.75) is 38.5 Å². The Hall–Kier alpha value is -4.37. The van der Waals surface area contributed by atoms with E-state index in [0.29, 0.717) is 35.2 Å². The van der Waals surface area contributed by atoms with E-state index in [4.69, 9.17) is 14.3 Å². The second kappa shape index (κ2) is 9.25. The minimum absolute atomic E-state index is 0.0344. The van der Waals surface area contributed by atoms with Crippen molar-refractivity contribution in [1.29, 1.82) is 0 Å². The number of hydrogen-bond acceptors (Lipinski definition) is 6. The molecule has 2 aliphatic rings. The number of anilines is 1. The first-order valence-electron chi connectivity index (χ1n) is 12.3. The van der Waals surface area contributed by atoms with Crippen LogP contribution in [0.5, 0.6) is 11.5 Å². The Morgan fingerprint density at radius 1 is 1.05 bits per heavy atom. The van der Waals surface area contributed by atoms with E-state index in [9.17, 15) is 9.59 Å². The van der Waals surface area contributed by atoms with Crippen molar-refractivity contribution >= 4 is 17.6 Å². The number of fused-ring (bicyclic) bond motifs is 2. The fourth-order valence-corrected chi connectivity index (χ4v) is 4.89. The highest BCUT2D eigenvalue weighted by Crippen LogP contribution is 2.44. The molecule has 0 spiro atoms. The van der Waals surface area contributed by atoms with Crippen LogP contribution in [0.4, 0.5) is 5.82 Å². The predicted molar refractivity (Wildman–Crippen MR) is 137 cm³/mol. The average Bonchev–Trinajstić information content (AvgIpc) is 3.57. The molecule has 0 bridgehead atoms. The number of hydrogen-bond donors (Lipinski definition) is 3. The third-order valence-corrected chi connectivity index (χ3v) is 6.83. The number of amides is 2. The maximum absolute atomic E-state index is 13.9. The summed E-state index contributed by atoms with van der Waals surface area (Å²) in [6, 6.07) is 20.4. The molecule has 2 atom stereocenters. The van der Waals surface area contributed by atoms with E-state index >= 15 is 0 Å². The zero-order valence-corrected chi connectivity index (χ0v) is 20.5. The molecule has 9 heteroatoms.